The molecule has 1 rings (SSSR count). The van der Waals surface area contributed by atoms with Crippen molar-refractivity contribution in [1.82, 2.24) is 0 Å². The van der Waals surface area contributed by atoms with E-state index in [4.69, 9.17) is 16.3 Å². The molecule has 0 unspecified atom stereocenters. The molecule has 19 heavy (non-hydrogen) atoms. The second-order valence-electron chi connectivity index (χ2n) is 4.81. The molecular formula is C16H24BrClO. The first-order chi connectivity index (χ1) is 9.34. The van der Waals surface area contributed by atoms with Crippen LogP contribution in [0.5, 0.6) is 0 Å². The van der Waals surface area contributed by atoms with Crippen LogP contribution in [0.3, 0.4) is 0 Å². The number of rotatable bonds is 11. The van der Waals surface area contributed by atoms with E-state index in [1.807, 2.05) is 24.3 Å². The van der Waals surface area contributed by atoms with Crippen molar-refractivity contribution in [2.24, 2.45) is 0 Å². The number of alkyl halides is 1. The van der Waals surface area contributed by atoms with E-state index in [-0.39, 0.29) is 0 Å². The molecule has 0 saturated heterocycles. The fourth-order valence-electron chi connectivity index (χ4n) is 1.98. The summed E-state index contributed by atoms with van der Waals surface area (Å²) >= 11 is 9.52. The fourth-order valence-corrected chi connectivity index (χ4v) is 2.57. The van der Waals surface area contributed by atoms with Gasteiger partial charge in [0.2, 0.25) is 0 Å². The number of halogens is 2. The molecule has 0 amide bonds. The van der Waals surface area contributed by atoms with Crippen LogP contribution in [-0.4, -0.2) is 11.9 Å². The monoisotopic (exact) mass is 346 g/mol. The molecular weight excluding hydrogens is 324 g/mol. The fraction of sp³-hybridized carbons (Fsp3) is 0.625. The lowest BCUT2D eigenvalue weighted by Gasteiger charge is -2.06. The quantitative estimate of drug-likeness (QED) is 0.353. The summed E-state index contributed by atoms with van der Waals surface area (Å²) in [6.07, 6.45) is 9.15. The predicted octanol–water partition coefficient (Wildman–Crippen LogP) is 5.98. The highest BCUT2D eigenvalue weighted by Crippen LogP contribution is 2.16. The Morgan fingerprint density at radius 2 is 1.53 bits per heavy atom. The molecule has 0 spiro atoms. The second-order valence-corrected chi connectivity index (χ2v) is 6.01. The zero-order valence-electron chi connectivity index (χ0n) is 11.5. The first-order valence-corrected chi connectivity index (χ1v) is 8.71. The molecule has 108 valence electrons. The number of benzene rings is 1. The predicted molar refractivity (Wildman–Crippen MR) is 87.2 cm³/mol. The SMILES string of the molecule is Clc1ccccc1COCCCCCCCCCBr. The van der Waals surface area contributed by atoms with Gasteiger partial charge in [-0.2, -0.15) is 0 Å². The van der Waals surface area contributed by atoms with Crippen LogP contribution >= 0.6 is 27.5 Å². The Morgan fingerprint density at radius 3 is 2.21 bits per heavy atom. The smallest absolute Gasteiger partial charge is 0.0731 e. The van der Waals surface area contributed by atoms with Crippen molar-refractivity contribution >= 4 is 27.5 Å². The highest BCUT2D eigenvalue weighted by molar-refractivity contribution is 9.09. The Kier molecular flexibility index (Phi) is 10.5. The molecule has 0 atom stereocenters. The summed E-state index contributed by atoms with van der Waals surface area (Å²) in [6.45, 7) is 1.47. The van der Waals surface area contributed by atoms with Crippen LogP contribution in [0.2, 0.25) is 5.02 Å². The molecule has 0 aliphatic rings. The average molecular weight is 348 g/mol. The van der Waals surface area contributed by atoms with Crippen LogP contribution in [0.25, 0.3) is 0 Å². The topological polar surface area (TPSA) is 9.23 Å². The van der Waals surface area contributed by atoms with Crippen LogP contribution < -0.4 is 0 Å². The van der Waals surface area contributed by atoms with Crippen molar-refractivity contribution in [3.63, 3.8) is 0 Å². The normalized spacial score (nSPS) is 10.8. The van der Waals surface area contributed by atoms with Crippen molar-refractivity contribution in [3.05, 3.63) is 34.9 Å². The van der Waals surface area contributed by atoms with Crippen molar-refractivity contribution in [2.45, 2.75) is 51.6 Å². The standard InChI is InChI=1S/C16H24BrClO/c17-12-8-4-2-1-3-5-9-13-19-14-15-10-6-7-11-16(15)18/h6-7,10-11H,1-5,8-9,12-14H2. The molecule has 1 nitrogen and oxygen atoms in total. The van der Waals surface area contributed by atoms with E-state index in [2.05, 4.69) is 15.9 Å². The molecule has 0 bridgehead atoms. The van der Waals surface area contributed by atoms with E-state index in [9.17, 15) is 0 Å². The zero-order valence-corrected chi connectivity index (χ0v) is 13.9. The van der Waals surface area contributed by atoms with Crippen LogP contribution in [0, 0.1) is 0 Å². The van der Waals surface area contributed by atoms with E-state index in [0.717, 1.165) is 28.9 Å². The van der Waals surface area contributed by atoms with Gasteiger partial charge < -0.3 is 4.74 Å². The van der Waals surface area contributed by atoms with Gasteiger partial charge in [0.05, 0.1) is 6.61 Å². The van der Waals surface area contributed by atoms with E-state index in [0.29, 0.717) is 6.61 Å². The first-order valence-electron chi connectivity index (χ1n) is 7.21. The van der Waals surface area contributed by atoms with Crippen molar-refractivity contribution in [3.8, 4) is 0 Å². The lowest BCUT2D eigenvalue weighted by molar-refractivity contribution is 0.117. The van der Waals surface area contributed by atoms with Crippen molar-refractivity contribution in [1.29, 1.82) is 0 Å². The molecule has 3 heteroatoms. The third-order valence-corrected chi connectivity index (χ3v) is 4.07. The molecule has 0 aliphatic heterocycles. The molecule has 0 heterocycles. The van der Waals surface area contributed by atoms with Crippen LogP contribution in [0.4, 0.5) is 0 Å². The van der Waals surface area contributed by atoms with Crippen molar-refractivity contribution in [2.75, 3.05) is 11.9 Å². The maximum atomic E-state index is 6.06. The van der Waals surface area contributed by atoms with E-state index in [1.54, 1.807) is 0 Å². The van der Waals surface area contributed by atoms with Gasteiger partial charge in [-0.15, -0.1) is 0 Å². The highest BCUT2D eigenvalue weighted by atomic mass is 79.9. The van der Waals surface area contributed by atoms with Gasteiger partial charge >= 0.3 is 0 Å². The minimum Gasteiger partial charge on any atom is -0.377 e. The lowest BCUT2D eigenvalue weighted by Crippen LogP contribution is -1.96. The van der Waals surface area contributed by atoms with Gasteiger partial charge in [-0.1, -0.05) is 77.8 Å². The maximum Gasteiger partial charge on any atom is 0.0731 e. The summed E-state index contributed by atoms with van der Waals surface area (Å²) in [4.78, 5) is 0. The summed E-state index contributed by atoms with van der Waals surface area (Å²) in [5, 5.41) is 1.94. The van der Waals surface area contributed by atoms with Gasteiger partial charge in [-0.25, -0.2) is 0 Å². The van der Waals surface area contributed by atoms with Gasteiger partial charge in [0, 0.05) is 17.0 Å². The molecule has 0 fully saturated rings. The molecule has 0 N–H and O–H groups in total. The molecule has 0 aliphatic carbocycles. The number of unbranched alkanes of at least 4 members (excludes halogenated alkanes) is 6. The highest BCUT2D eigenvalue weighted by Gasteiger charge is 1.98. The van der Waals surface area contributed by atoms with Gasteiger partial charge in [0.1, 0.15) is 0 Å². The van der Waals surface area contributed by atoms with Crippen LogP contribution in [0.15, 0.2) is 24.3 Å². The van der Waals surface area contributed by atoms with Crippen molar-refractivity contribution < 1.29 is 4.74 Å². The Hall–Kier alpha value is -0.0500. The van der Waals surface area contributed by atoms with E-state index in [1.165, 1.54) is 38.5 Å². The largest absolute Gasteiger partial charge is 0.377 e. The molecule has 1 aromatic rings. The average Bonchev–Trinajstić information content (AvgIpc) is 2.43. The summed E-state index contributed by atoms with van der Waals surface area (Å²) in [6, 6.07) is 7.87. The Morgan fingerprint density at radius 1 is 0.895 bits per heavy atom. The Balaban J connectivity index is 1.90. The Labute approximate surface area is 130 Å². The first kappa shape index (κ1) is 17.0. The second kappa shape index (κ2) is 11.7. The summed E-state index contributed by atoms with van der Waals surface area (Å²) < 4.78 is 5.65. The number of hydrogen-bond acceptors (Lipinski definition) is 1. The van der Waals surface area contributed by atoms with Gasteiger partial charge in [-0.3, -0.25) is 0 Å². The Bertz CT molecular complexity index is 330. The molecule has 0 aromatic heterocycles. The van der Waals surface area contributed by atoms with Gasteiger partial charge in [0.15, 0.2) is 0 Å². The van der Waals surface area contributed by atoms with Gasteiger partial charge in [-0.05, 0) is 24.5 Å². The van der Waals surface area contributed by atoms with E-state index < -0.39 is 0 Å². The van der Waals surface area contributed by atoms with Gasteiger partial charge in [0.25, 0.3) is 0 Å². The van der Waals surface area contributed by atoms with Crippen LogP contribution in [0.1, 0.15) is 50.5 Å². The lowest BCUT2D eigenvalue weighted by atomic mass is 10.1. The molecule has 0 saturated carbocycles. The van der Waals surface area contributed by atoms with E-state index >= 15 is 0 Å². The molecule has 1 aromatic carbocycles. The minimum absolute atomic E-state index is 0.630. The minimum atomic E-state index is 0.630. The summed E-state index contributed by atoms with van der Waals surface area (Å²) in [5.74, 6) is 0. The summed E-state index contributed by atoms with van der Waals surface area (Å²) in [7, 11) is 0. The zero-order chi connectivity index (χ0) is 13.8. The summed E-state index contributed by atoms with van der Waals surface area (Å²) in [5.41, 5.74) is 1.08. The van der Waals surface area contributed by atoms with Crippen LogP contribution in [-0.2, 0) is 11.3 Å². The molecule has 0 radical (unpaired) electrons. The third-order valence-electron chi connectivity index (χ3n) is 3.14. The maximum absolute atomic E-state index is 6.06. The number of ether oxygens (including phenoxy) is 1. The third kappa shape index (κ3) is 8.67. The number of hydrogen-bond donors (Lipinski definition) is 0.